The molecule has 1 aliphatic heterocycles. The number of ketones is 1. The van der Waals surface area contributed by atoms with Crippen molar-refractivity contribution in [2.45, 2.75) is 64.9 Å². The molecule has 2 aliphatic carbocycles. The van der Waals surface area contributed by atoms with Crippen LogP contribution in [0.1, 0.15) is 58.1 Å². The van der Waals surface area contributed by atoms with Crippen LogP contribution in [0.5, 0.6) is 11.5 Å². The lowest BCUT2D eigenvalue weighted by Gasteiger charge is -2.44. The Hall–Kier alpha value is -2.04. The number of nitrogens with one attached hydrogen (secondary N) is 1. The minimum absolute atomic E-state index is 0.00463. The summed E-state index contributed by atoms with van der Waals surface area (Å²) in [6, 6.07) is 4.11. The van der Waals surface area contributed by atoms with Gasteiger partial charge in [-0.1, -0.05) is 26.8 Å². The van der Waals surface area contributed by atoms with Crippen LogP contribution >= 0.6 is 0 Å². The first-order valence-electron chi connectivity index (χ1n) is 9.51. The molecule has 1 N–H and O–H groups in total. The SMILES string of the molecule is CC.CNC(C)=O.COc1ccc2c3c1OC1C(=O)CCC(CC2)C31C. The smallest absolute Gasteiger partial charge is 0.216 e. The van der Waals surface area contributed by atoms with Crippen LogP contribution in [0.4, 0.5) is 0 Å². The normalized spacial score (nSPS) is 26.9. The number of aryl methyl sites for hydroxylation is 1. The Morgan fingerprint density at radius 3 is 2.46 bits per heavy atom. The number of hydrogen-bond acceptors (Lipinski definition) is 4. The number of amides is 1. The van der Waals surface area contributed by atoms with Crippen LogP contribution in [-0.2, 0) is 21.4 Å². The summed E-state index contributed by atoms with van der Waals surface area (Å²) in [7, 11) is 3.26. The van der Waals surface area contributed by atoms with Gasteiger partial charge in [-0.05, 0) is 36.8 Å². The van der Waals surface area contributed by atoms with Crippen molar-refractivity contribution in [3.8, 4) is 11.5 Å². The summed E-state index contributed by atoms with van der Waals surface area (Å²) in [5, 5.41) is 2.39. The fourth-order valence-corrected chi connectivity index (χ4v) is 4.39. The molecular weight excluding hydrogens is 330 g/mol. The van der Waals surface area contributed by atoms with E-state index in [0.717, 1.165) is 24.3 Å². The molecule has 3 atom stereocenters. The van der Waals surface area contributed by atoms with E-state index in [1.165, 1.54) is 24.5 Å². The molecule has 1 fully saturated rings. The first-order chi connectivity index (χ1) is 12.4. The van der Waals surface area contributed by atoms with Crippen LogP contribution in [0.15, 0.2) is 12.1 Å². The van der Waals surface area contributed by atoms with Gasteiger partial charge < -0.3 is 14.8 Å². The summed E-state index contributed by atoms with van der Waals surface area (Å²) in [5.41, 5.74) is 2.46. The van der Waals surface area contributed by atoms with Gasteiger partial charge in [-0.2, -0.15) is 0 Å². The number of carbonyl (C=O) groups excluding carboxylic acids is 2. The lowest BCUT2D eigenvalue weighted by molar-refractivity contribution is -0.132. The highest BCUT2D eigenvalue weighted by atomic mass is 16.5. The molecule has 1 amide bonds. The highest BCUT2D eigenvalue weighted by Crippen LogP contribution is 2.59. The highest BCUT2D eigenvalue weighted by Gasteiger charge is 2.58. The molecule has 0 bridgehead atoms. The number of methoxy groups -OCH3 is 1. The third-order valence-electron chi connectivity index (χ3n) is 5.74. The van der Waals surface area contributed by atoms with Gasteiger partial charge in [-0.15, -0.1) is 0 Å². The van der Waals surface area contributed by atoms with E-state index in [9.17, 15) is 9.59 Å². The lowest BCUT2D eigenvalue weighted by atomic mass is 9.57. The van der Waals surface area contributed by atoms with Gasteiger partial charge in [-0.25, -0.2) is 0 Å². The van der Waals surface area contributed by atoms with E-state index in [1.807, 2.05) is 19.9 Å². The van der Waals surface area contributed by atoms with Crippen molar-refractivity contribution in [1.82, 2.24) is 5.32 Å². The molecule has 26 heavy (non-hydrogen) atoms. The van der Waals surface area contributed by atoms with Gasteiger partial charge in [0.05, 0.1) is 7.11 Å². The molecule has 1 aromatic rings. The van der Waals surface area contributed by atoms with Crippen molar-refractivity contribution in [2.24, 2.45) is 5.92 Å². The number of carbonyl (C=O) groups is 2. The summed E-state index contributed by atoms with van der Waals surface area (Å²) in [5.74, 6) is 2.42. The molecule has 0 radical (unpaired) electrons. The van der Waals surface area contributed by atoms with E-state index in [-0.39, 0.29) is 23.2 Å². The monoisotopic (exact) mass is 361 g/mol. The van der Waals surface area contributed by atoms with Crippen molar-refractivity contribution in [3.63, 3.8) is 0 Å². The van der Waals surface area contributed by atoms with Crippen LogP contribution in [0.25, 0.3) is 0 Å². The van der Waals surface area contributed by atoms with Crippen molar-refractivity contribution >= 4 is 11.7 Å². The summed E-state index contributed by atoms with van der Waals surface area (Å²) in [6.07, 6.45) is 3.64. The maximum absolute atomic E-state index is 12.3. The Labute approximate surface area is 156 Å². The van der Waals surface area contributed by atoms with Gasteiger partial charge in [0.1, 0.15) is 0 Å². The Morgan fingerprint density at radius 2 is 1.88 bits per heavy atom. The fraction of sp³-hybridized carbons (Fsp3) is 0.619. The van der Waals surface area contributed by atoms with Gasteiger partial charge in [-0.3, -0.25) is 9.59 Å². The van der Waals surface area contributed by atoms with Crippen molar-refractivity contribution in [2.75, 3.05) is 14.2 Å². The minimum atomic E-state index is -0.295. The lowest BCUT2D eigenvalue weighted by Crippen LogP contribution is -2.52. The molecule has 1 aromatic carbocycles. The molecule has 5 nitrogen and oxygen atoms in total. The van der Waals surface area contributed by atoms with E-state index in [1.54, 1.807) is 14.2 Å². The van der Waals surface area contributed by atoms with Crippen LogP contribution in [0, 0.1) is 5.92 Å². The maximum Gasteiger partial charge on any atom is 0.216 e. The number of rotatable bonds is 1. The molecule has 3 unspecified atom stereocenters. The molecule has 0 aromatic heterocycles. The molecule has 3 aliphatic rings. The Balaban J connectivity index is 0.000000304. The zero-order valence-corrected chi connectivity index (χ0v) is 16.8. The average molecular weight is 361 g/mol. The van der Waals surface area contributed by atoms with Crippen LogP contribution in [-0.4, -0.2) is 32.0 Å². The second kappa shape index (κ2) is 8.11. The predicted octanol–water partition coefficient (Wildman–Crippen LogP) is 3.42. The first-order valence-corrected chi connectivity index (χ1v) is 9.51. The fourth-order valence-electron chi connectivity index (χ4n) is 4.39. The first kappa shape index (κ1) is 20.3. The number of ether oxygens (including phenoxy) is 2. The van der Waals surface area contributed by atoms with Gasteiger partial charge in [0.25, 0.3) is 0 Å². The van der Waals surface area contributed by atoms with Gasteiger partial charge in [0.15, 0.2) is 23.4 Å². The third kappa shape index (κ3) is 3.19. The number of benzene rings is 1. The van der Waals surface area contributed by atoms with Gasteiger partial charge in [0.2, 0.25) is 5.91 Å². The average Bonchev–Trinajstić information content (AvgIpc) is 2.99. The minimum Gasteiger partial charge on any atom is -0.493 e. The molecule has 0 spiro atoms. The highest BCUT2D eigenvalue weighted by molar-refractivity contribution is 5.88. The summed E-state index contributed by atoms with van der Waals surface area (Å²) < 4.78 is 11.5. The summed E-state index contributed by atoms with van der Waals surface area (Å²) >= 11 is 0. The Kier molecular flexibility index (Phi) is 6.32. The van der Waals surface area contributed by atoms with E-state index in [0.29, 0.717) is 12.3 Å². The largest absolute Gasteiger partial charge is 0.493 e. The topological polar surface area (TPSA) is 64.6 Å². The zero-order valence-electron chi connectivity index (χ0n) is 16.8. The van der Waals surface area contributed by atoms with Crippen molar-refractivity contribution in [1.29, 1.82) is 0 Å². The predicted molar refractivity (Wildman–Crippen MR) is 102 cm³/mol. The Morgan fingerprint density at radius 1 is 1.27 bits per heavy atom. The van der Waals surface area contributed by atoms with Crippen LogP contribution in [0.2, 0.25) is 0 Å². The quantitative estimate of drug-likeness (QED) is 0.832. The molecule has 4 rings (SSSR count). The van der Waals surface area contributed by atoms with Gasteiger partial charge >= 0.3 is 0 Å². The van der Waals surface area contributed by atoms with Crippen LogP contribution < -0.4 is 14.8 Å². The van der Waals surface area contributed by atoms with E-state index in [2.05, 4.69) is 18.3 Å². The molecule has 1 heterocycles. The number of Topliss-reactive ketones (excluding diaryl/α,β-unsaturated/α-hetero) is 1. The second-order valence-electron chi connectivity index (χ2n) is 6.96. The molecule has 5 heteroatoms. The molecule has 0 saturated heterocycles. The molecular formula is C21H31NO4. The standard InChI is InChI=1S/C16H18O3.C3H7NO.C2H6/c1-16-10-5-3-9-4-8-12(18-2)14(13(9)16)19-15(16)11(17)7-6-10;1-3(5)4-2;1-2/h4,8,10,15H,3,5-7H2,1-2H3;1-2H3,(H,4,5);1-2H3. The summed E-state index contributed by atoms with van der Waals surface area (Å²) in [6.45, 7) is 7.69. The maximum atomic E-state index is 12.3. The van der Waals surface area contributed by atoms with E-state index in [4.69, 9.17) is 9.47 Å². The van der Waals surface area contributed by atoms with E-state index < -0.39 is 0 Å². The third-order valence-corrected chi connectivity index (χ3v) is 5.74. The zero-order chi connectivity index (χ0) is 19.5. The second-order valence-corrected chi connectivity index (χ2v) is 6.96. The van der Waals surface area contributed by atoms with E-state index >= 15 is 0 Å². The molecule has 144 valence electrons. The Bertz CT molecular complexity index is 685. The van der Waals surface area contributed by atoms with Crippen molar-refractivity contribution in [3.05, 3.63) is 23.3 Å². The van der Waals surface area contributed by atoms with Gasteiger partial charge in [0, 0.05) is 31.4 Å². The summed E-state index contributed by atoms with van der Waals surface area (Å²) in [4.78, 5) is 22.0. The molecule has 1 saturated carbocycles. The van der Waals surface area contributed by atoms with Crippen molar-refractivity contribution < 1.29 is 19.1 Å². The van der Waals surface area contributed by atoms with Crippen LogP contribution in [0.3, 0.4) is 0 Å². The number of hydrogen-bond donors (Lipinski definition) is 1.